The molecule has 0 heterocycles. The zero-order valence-corrected chi connectivity index (χ0v) is 15.5. The molecular weight excluding hydrogens is 318 g/mol. The van der Waals surface area contributed by atoms with Crippen molar-refractivity contribution < 1.29 is 19.7 Å². The molecule has 1 aromatic carbocycles. The summed E-state index contributed by atoms with van der Waals surface area (Å²) in [5.41, 5.74) is 1.20. The Balaban J connectivity index is 2.58. The number of carboxylic acids is 1. The fourth-order valence-electron chi connectivity index (χ4n) is 2.39. The van der Waals surface area contributed by atoms with Crippen molar-refractivity contribution in [1.29, 1.82) is 0 Å². The highest BCUT2D eigenvalue weighted by Gasteiger charge is 2.19. The van der Waals surface area contributed by atoms with Crippen molar-refractivity contribution in [3.63, 3.8) is 0 Å². The standard InChI is InChI=1S/C20H31NO4/c1-15(22)18(12-16-8-6-5-7-9-16)25-14-17(13-19(23)24)21-11-10-20(2,3)4/h5-9,17-18,21-22H,1,10-14H2,2-4H3,(H,23,24). The van der Waals surface area contributed by atoms with E-state index in [9.17, 15) is 9.90 Å². The van der Waals surface area contributed by atoms with E-state index in [0.29, 0.717) is 13.0 Å². The van der Waals surface area contributed by atoms with Gasteiger partial charge in [-0.15, -0.1) is 0 Å². The van der Waals surface area contributed by atoms with Gasteiger partial charge < -0.3 is 20.3 Å². The first-order valence-electron chi connectivity index (χ1n) is 8.66. The maximum atomic E-state index is 11.1. The SMILES string of the molecule is C=C(O)C(Cc1ccccc1)OCC(CC(=O)O)NCCC(C)(C)C. The van der Waals surface area contributed by atoms with Gasteiger partial charge >= 0.3 is 5.97 Å². The number of aliphatic hydroxyl groups excluding tert-OH is 1. The Kier molecular flexibility index (Phi) is 8.66. The van der Waals surface area contributed by atoms with Crippen LogP contribution in [-0.4, -0.2) is 41.5 Å². The van der Waals surface area contributed by atoms with Crippen molar-refractivity contribution in [3.8, 4) is 0 Å². The van der Waals surface area contributed by atoms with E-state index in [-0.39, 0.29) is 30.2 Å². The number of nitrogens with one attached hydrogen (secondary N) is 1. The topological polar surface area (TPSA) is 78.8 Å². The van der Waals surface area contributed by atoms with Crippen LogP contribution in [0, 0.1) is 5.41 Å². The number of aliphatic hydroxyl groups is 1. The molecule has 140 valence electrons. The molecule has 3 N–H and O–H groups in total. The first kappa shape index (κ1) is 21.2. The molecule has 0 aromatic heterocycles. The summed E-state index contributed by atoms with van der Waals surface area (Å²) in [4.78, 5) is 11.1. The molecule has 0 fully saturated rings. The van der Waals surface area contributed by atoms with Gasteiger partial charge in [0.1, 0.15) is 11.9 Å². The smallest absolute Gasteiger partial charge is 0.305 e. The second kappa shape index (κ2) is 10.2. The molecule has 0 aliphatic rings. The van der Waals surface area contributed by atoms with Crippen LogP contribution < -0.4 is 5.32 Å². The summed E-state index contributed by atoms with van der Waals surface area (Å²) < 4.78 is 5.78. The summed E-state index contributed by atoms with van der Waals surface area (Å²) in [6.45, 7) is 10.9. The zero-order valence-electron chi connectivity index (χ0n) is 15.5. The number of ether oxygens (including phenoxy) is 1. The zero-order chi connectivity index (χ0) is 18.9. The summed E-state index contributed by atoms with van der Waals surface area (Å²) in [6.07, 6.45) is 0.851. The van der Waals surface area contributed by atoms with E-state index in [1.54, 1.807) is 0 Å². The second-order valence-corrected chi connectivity index (χ2v) is 7.56. The normalized spacial score (nSPS) is 14.0. The minimum absolute atomic E-state index is 0.0277. The first-order valence-corrected chi connectivity index (χ1v) is 8.66. The lowest BCUT2D eigenvalue weighted by Gasteiger charge is -2.24. The molecule has 0 aliphatic heterocycles. The number of hydrogen-bond donors (Lipinski definition) is 3. The molecule has 2 unspecified atom stereocenters. The van der Waals surface area contributed by atoms with Crippen LogP contribution in [0.1, 0.15) is 39.2 Å². The lowest BCUT2D eigenvalue weighted by Crippen LogP contribution is -2.39. The van der Waals surface area contributed by atoms with Gasteiger partial charge in [0.05, 0.1) is 13.0 Å². The van der Waals surface area contributed by atoms with Gasteiger partial charge in [0.15, 0.2) is 0 Å². The number of benzene rings is 1. The van der Waals surface area contributed by atoms with Gasteiger partial charge in [0.25, 0.3) is 0 Å². The molecule has 0 spiro atoms. The molecule has 0 aliphatic carbocycles. The predicted molar refractivity (Wildman–Crippen MR) is 99.8 cm³/mol. The minimum atomic E-state index is -0.876. The van der Waals surface area contributed by atoms with Crippen molar-refractivity contribution >= 4 is 5.97 Å². The molecule has 5 nitrogen and oxygen atoms in total. The van der Waals surface area contributed by atoms with Crippen LogP contribution in [0.25, 0.3) is 0 Å². The largest absolute Gasteiger partial charge is 0.510 e. The maximum absolute atomic E-state index is 11.1. The fourth-order valence-corrected chi connectivity index (χ4v) is 2.39. The third kappa shape index (κ3) is 9.89. The van der Waals surface area contributed by atoms with Gasteiger partial charge in [0.2, 0.25) is 0 Å². The molecule has 25 heavy (non-hydrogen) atoms. The van der Waals surface area contributed by atoms with Crippen molar-refractivity contribution in [3.05, 3.63) is 48.2 Å². The summed E-state index contributed by atoms with van der Waals surface area (Å²) in [7, 11) is 0. The maximum Gasteiger partial charge on any atom is 0.305 e. The Morgan fingerprint density at radius 2 is 1.88 bits per heavy atom. The highest BCUT2D eigenvalue weighted by molar-refractivity contribution is 5.67. The Morgan fingerprint density at radius 1 is 1.24 bits per heavy atom. The van der Waals surface area contributed by atoms with E-state index >= 15 is 0 Å². The van der Waals surface area contributed by atoms with Gasteiger partial charge in [-0.2, -0.15) is 0 Å². The van der Waals surface area contributed by atoms with E-state index in [1.807, 2.05) is 30.3 Å². The van der Waals surface area contributed by atoms with Crippen LogP contribution in [0.3, 0.4) is 0 Å². The molecule has 1 rings (SSSR count). The molecule has 5 heteroatoms. The Hall–Kier alpha value is -1.85. The number of rotatable bonds is 11. The van der Waals surface area contributed by atoms with Gasteiger partial charge in [0, 0.05) is 12.5 Å². The molecule has 0 saturated heterocycles. The van der Waals surface area contributed by atoms with Crippen molar-refractivity contribution in [1.82, 2.24) is 5.32 Å². The molecule has 0 radical (unpaired) electrons. The van der Waals surface area contributed by atoms with Crippen molar-refractivity contribution in [2.45, 2.75) is 52.2 Å². The van der Waals surface area contributed by atoms with E-state index < -0.39 is 12.1 Å². The number of hydrogen-bond acceptors (Lipinski definition) is 4. The number of carboxylic acid groups (broad SMARTS) is 1. The van der Waals surface area contributed by atoms with E-state index in [4.69, 9.17) is 9.84 Å². The average molecular weight is 349 g/mol. The summed E-state index contributed by atoms with van der Waals surface area (Å²) in [5.74, 6) is -0.924. The van der Waals surface area contributed by atoms with Crippen LogP contribution in [-0.2, 0) is 16.0 Å². The van der Waals surface area contributed by atoms with Gasteiger partial charge in [-0.05, 0) is 23.9 Å². The van der Waals surface area contributed by atoms with Crippen LogP contribution >= 0.6 is 0 Å². The Bertz CT molecular complexity index is 536. The average Bonchev–Trinajstić information content (AvgIpc) is 2.50. The van der Waals surface area contributed by atoms with Gasteiger partial charge in [-0.3, -0.25) is 4.79 Å². The third-order valence-electron chi connectivity index (χ3n) is 3.86. The van der Waals surface area contributed by atoms with Crippen LogP contribution in [0.4, 0.5) is 0 Å². The summed E-state index contributed by atoms with van der Waals surface area (Å²) in [5, 5.41) is 22.1. The highest BCUT2D eigenvalue weighted by atomic mass is 16.5. The molecule has 2 atom stereocenters. The molecule has 0 amide bonds. The van der Waals surface area contributed by atoms with E-state index in [2.05, 4.69) is 32.7 Å². The number of aliphatic carboxylic acids is 1. The molecule has 0 bridgehead atoms. The quantitative estimate of drug-likeness (QED) is 0.533. The predicted octanol–water partition coefficient (Wildman–Crippen LogP) is 3.56. The first-order chi connectivity index (χ1) is 11.7. The van der Waals surface area contributed by atoms with Crippen molar-refractivity contribution in [2.75, 3.05) is 13.2 Å². The minimum Gasteiger partial charge on any atom is -0.510 e. The van der Waals surface area contributed by atoms with Gasteiger partial charge in [-0.25, -0.2) is 0 Å². The lowest BCUT2D eigenvalue weighted by atomic mass is 9.92. The number of carbonyl (C=O) groups is 1. The Labute approximate surface area is 150 Å². The summed E-state index contributed by atoms with van der Waals surface area (Å²) >= 11 is 0. The highest BCUT2D eigenvalue weighted by Crippen LogP contribution is 2.17. The van der Waals surface area contributed by atoms with Crippen LogP contribution in [0.2, 0.25) is 0 Å². The second-order valence-electron chi connectivity index (χ2n) is 7.56. The van der Waals surface area contributed by atoms with Gasteiger partial charge in [-0.1, -0.05) is 57.7 Å². The lowest BCUT2D eigenvalue weighted by molar-refractivity contribution is -0.138. The van der Waals surface area contributed by atoms with Crippen molar-refractivity contribution in [2.24, 2.45) is 5.41 Å². The molecule has 1 aromatic rings. The molecular formula is C20H31NO4. The monoisotopic (exact) mass is 349 g/mol. The third-order valence-corrected chi connectivity index (χ3v) is 3.86. The fraction of sp³-hybridized carbons (Fsp3) is 0.550. The van der Waals surface area contributed by atoms with Crippen LogP contribution in [0.15, 0.2) is 42.7 Å². The Morgan fingerprint density at radius 3 is 2.40 bits per heavy atom. The molecule has 0 saturated carbocycles. The summed E-state index contributed by atoms with van der Waals surface area (Å²) in [6, 6.07) is 9.37. The van der Waals surface area contributed by atoms with E-state index in [0.717, 1.165) is 12.0 Å². The van der Waals surface area contributed by atoms with E-state index in [1.165, 1.54) is 0 Å². The van der Waals surface area contributed by atoms with Crippen LogP contribution in [0.5, 0.6) is 0 Å².